The van der Waals surface area contributed by atoms with Gasteiger partial charge in [0, 0.05) is 13.6 Å². The van der Waals surface area contributed by atoms with Crippen LogP contribution < -0.4 is 10.6 Å². The first-order valence-electron chi connectivity index (χ1n) is 5.20. The van der Waals surface area contributed by atoms with Gasteiger partial charge in [0.25, 0.3) is 0 Å². The van der Waals surface area contributed by atoms with E-state index in [1.165, 1.54) is 11.1 Å². The molecule has 0 aliphatic rings. The third kappa shape index (κ3) is 5.59. The third-order valence-corrected chi connectivity index (χ3v) is 2.29. The molecule has 92 valence electrons. The van der Waals surface area contributed by atoms with Crippen molar-refractivity contribution < 1.29 is 0 Å². The molecule has 0 amide bonds. The Kier molecular flexibility index (Phi) is 8.24. The lowest BCUT2D eigenvalue weighted by atomic mass is 10.1. The van der Waals surface area contributed by atoms with Gasteiger partial charge in [-0.25, -0.2) is 0 Å². The summed E-state index contributed by atoms with van der Waals surface area (Å²) in [6.45, 7) is 3.32. The molecule has 0 spiro atoms. The quantitative estimate of drug-likeness (QED) is 0.381. The summed E-state index contributed by atoms with van der Waals surface area (Å²) < 4.78 is 0. The van der Waals surface area contributed by atoms with Crippen molar-refractivity contribution in [3.05, 3.63) is 35.4 Å². The van der Waals surface area contributed by atoms with Gasteiger partial charge in [-0.2, -0.15) is 0 Å². The molecule has 2 N–H and O–H groups in total. The summed E-state index contributed by atoms with van der Waals surface area (Å²) in [5, 5.41) is 6.22. The number of aliphatic imine (C=N–C) groups is 1. The minimum atomic E-state index is 0. The van der Waals surface area contributed by atoms with E-state index >= 15 is 0 Å². The zero-order chi connectivity index (χ0) is 11.8. The second kappa shape index (κ2) is 8.88. The topological polar surface area (TPSA) is 36.4 Å². The van der Waals surface area contributed by atoms with Gasteiger partial charge < -0.3 is 10.6 Å². The van der Waals surface area contributed by atoms with Crippen LogP contribution in [-0.2, 0) is 6.54 Å². The molecule has 0 aromatic heterocycles. The molecular weight excluding hydrogens is 325 g/mol. The minimum absolute atomic E-state index is 0. The Balaban J connectivity index is 0.00000256. The number of rotatable bonds is 3. The average molecular weight is 343 g/mol. The fourth-order valence-corrected chi connectivity index (χ4v) is 1.34. The molecule has 1 rings (SSSR count). The number of aryl methyl sites for hydroxylation is 1. The first-order valence-corrected chi connectivity index (χ1v) is 5.20. The fraction of sp³-hybridized carbons (Fsp3) is 0.308. The zero-order valence-electron chi connectivity index (χ0n) is 10.2. The van der Waals surface area contributed by atoms with Gasteiger partial charge in [0.2, 0.25) is 0 Å². The fourth-order valence-electron chi connectivity index (χ4n) is 1.34. The van der Waals surface area contributed by atoms with Gasteiger partial charge in [-0.15, -0.1) is 30.4 Å². The molecule has 0 saturated carbocycles. The van der Waals surface area contributed by atoms with E-state index in [2.05, 4.69) is 40.6 Å². The van der Waals surface area contributed by atoms with Crippen LogP contribution in [-0.4, -0.2) is 19.6 Å². The maximum atomic E-state index is 5.17. The standard InChI is InChI=1S/C13H17N3.HI/c1-4-9-15-13(14-3)16-10-12-8-6-5-7-11(12)2;/h1,5-8H,9-10H2,2-3H3,(H2,14,15,16);1H. The third-order valence-electron chi connectivity index (χ3n) is 2.29. The minimum Gasteiger partial charge on any atom is -0.352 e. The molecule has 0 fully saturated rings. The van der Waals surface area contributed by atoms with Crippen molar-refractivity contribution in [3.8, 4) is 12.3 Å². The van der Waals surface area contributed by atoms with Gasteiger partial charge in [-0.05, 0) is 18.1 Å². The highest BCUT2D eigenvalue weighted by atomic mass is 127. The molecular formula is C13H18IN3. The lowest BCUT2D eigenvalue weighted by molar-refractivity contribution is 0.846. The number of terminal acetylenes is 1. The highest BCUT2D eigenvalue weighted by Crippen LogP contribution is 2.05. The van der Waals surface area contributed by atoms with Crippen molar-refractivity contribution in [2.24, 2.45) is 4.99 Å². The maximum Gasteiger partial charge on any atom is 0.192 e. The number of benzene rings is 1. The van der Waals surface area contributed by atoms with Gasteiger partial charge in [0.15, 0.2) is 5.96 Å². The smallest absolute Gasteiger partial charge is 0.192 e. The molecule has 0 bridgehead atoms. The van der Waals surface area contributed by atoms with Crippen molar-refractivity contribution in [3.63, 3.8) is 0 Å². The van der Waals surface area contributed by atoms with Gasteiger partial charge in [-0.3, -0.25) is 4.99 Å². The molecule has 0 saturated heterocycles. The average Bonchev–Trinajstić information content (AvgIpc) is 2.31. The Bertz CT molecular complexity index is 407. The Hall–Kier alpha value is -1.22. The molecule has 0 unspecified atom stereocenters. The van der Waals surface area contributed by atoms with Crippen molar-refractivity contribution in [2.45, 2.75) is 13.5 Å². The van der Waals surface area contributed by atoms with Gasteiger partial charge in [-0.1, -0.05) is 30.2 Å². The molecule has 0 atom stereocenters. The molecule has 3 nitrogen and oxygen atoms in total. The second-order valence-electron chi connectivity index (χ2n) is 3.41. The summed E-state index contributed by atoms with van der Waals surface area (Å²) in [5.41, 5.74) is 2.52. The molecule has 4 heteroatoms. The number of nitrogens with zero attached hydrogens (tertiary/aromatic N) is 1. The van der Waals surface area contributed by atoms with Crippen LogP contribution in [0.5, 0.6) is 0 Å². The van der Waals surface area contributed by atoms with Crippen LogP contribution in [0.25, 0.3) is 0 Å². The first kappa shape index (κ1) is 15.8. The molecule has 17 heavy (non-hydrogen) atoms. The normalized spacial score (nSPS) is 10.1. The number of guanidine groups is 1. The van der Waals surface area contributed by atoms with Crippen LogP contribution >= 0.6 is 24.0 Å². The zero-order valence-corrected chi connectivity index (χ0v) is 12.5. The van der Waals surface area contributed by atoms with Gasteiger partial charge in [0.1, 0.15) is 0 Å². The monoisotopic (exact) mass is 343 g/mol. The largest absolute Gasteiger partial charge is 0.352 e. The number of hydrogen-bond donors (Lipinski definition) is 2. The first-order chi connectivity index (χ1) is 7.77. The molecule has 1 aromatic carbocycles. The SMILES string of the molecule is C#CCNC(=NC)NCc1ccccc1C.I. The van der Waals surface area contributed by atoms with E-state index in [-0.39, 0.29) is 24.0 Å². The summed E-state index contributed by atoms with van der Waals surface area (Å²) in [5.74, 6) is 3.23. The molecule has 0 aliphatic carbocycles. The molecule has 0 radical (unpaired) electrons. The Morgan fingerprint density at radius 2 is 2.06 bits per heavy atom. The van der Waals surface area contributed by atoms with E-state index in [0.29, 0.717) is 6.54 Å². The molecule has 0 heterocycles. The Morgan fingerprint density at radius 1 is 1.35 bits per heavy atom. The summed E-state index contributed by atoms with van der Waals surface area (Å²) in [6.07, 6.45) is 5.17. The lowest BCUT2D eigenvalue weighted by Crippen LogP contribution is -2.37. The van der Waals surface area contributed by atoms with E-state index in [4.69, 9.17) is 6.42 Å². The molecule has 0 aliphatic heterocycles. The van der Waals surface area contributed by atoms with Crippen LogP contribution in [0, 0.1) is 19.3 Å². The van der Waals surface area contributed by atoms with Crippen LogP contribution in [0.15, 0.2) is 29.3 Å². The maximum absolute atomic E-state index is 5.17. The van der Waals surface area contributed by atoms with Crippen molar-refractivity contribution in [2.75, 3.05) is 13.6 Å². The van der Waals surface area contributed by atoms with Gasteiger partial charge >= 0.3 is 0 Å². The van der Waals surface area contributed by atoms with Crippen LogP contribution in [0.3, 0.4) is 0 Å². The van der Waals surface area contributed by atoms with Gasteiger partial charge in [0.05, 0.1) is 6.54 Å². The summed E-state index contributed by atoms with van der Waals surface area (Å²) in [7, 11) is 1.73. The van der Waals surface area contributed by atoms with Crippen LogP contribution in [0.1, 0.15) is 11.1 Å². The number of nitrogens with one attached hydrogen (secondary N) is 2. The van der Waals surface area contributed by atoms with Crippen LogP contribution in [0.4, 0.5) is 0 Å². The molecule has 1 aromatic rings. The number of hydrogen-bond acceptors (Lipinski definition) is 1. The summed E-state index contributed by atoms with van der Waals surface area (Å²) in [6, 6.07) is 8.25. The van der Waals surface area contributed by atoms with E-state index in [1.54, 1.807) is 7.05 Å². The summed E-state index contributed by atoms with van der Waals surface area (Å²) >= 11 is 0. The van der Waals surface area contributed by atoms with Crippen molar-refractivity contribution >= 4 is 29.9 Å². The van der Waals surface area contributed by atoms with E-state index in [0.717, 1.165) is 12.5 Å². The predicted molar refractivity (Wildman–Crippen MR) is 83.6 cm³/mol. The highest BCUT2D eigenvalue weighted by molar-refractivity contribution is 14.0. The van der Waals surface area contributed by atoms with Crippen LogP contribution in [0.2, 0.25) is 0 Å². The van der Waals surface area contributed by atoms with E-state index < -0.39 is 0 Å². The van der Waals surface area contributed by atoms with Crippen molar-refractivity contribution in [1.82, 2.24) is 10.6 Å². The second-order valence-corrected chi connectivity index (χ2v) is 3.41. The summed E-state index contributed by atoms with van der Waals surface area (Å²) in [4.78, 5) is 4.07. The predicted octanol–water partition coefficient (Wildman–Crippen LogP) is 1.91. The van der Waals surface area contributed by atoms with E-state index in [1.807, 2.05) is 12.1 Å². The van der Waals surface area contributed by atoms with Crippen molar-refractivity contribution in [1.29, 1.82) is 0 Å². The lowest BCUT2D eigenvalue weighted by Gasteiger charge is -2.11. The Morgan fingerprint density at radius 3 is 2.65 bits per heavy atom. The number of halogens is 1. The Labute approximate surface area is 120 Å². The van der Waals surface area contributed by atoms with E-state index in [9.17, 15) is 0 Å². The highest BCUT2D eigenvalue weighted by Gasteiger charge is 1.98.